The molecule has 6 aromatic rings. The standard InChI is InChI=1S/C52H57N3O4S2/c1-6-8-33-51(7-2)38-54(43-27-19-12-20-28-43)46-34-49(60-5)47(35-48(46)61-55(51)36-39-29-31-44(57-3)32-30-39)59-37-45(50(56)58-4)53-52(40-21-13-9-14-22-40,41-23-15-10-16-24-41)42-25-17-11-18-26-42/h9-32,34-35,45,53H,6-8,33,36-38H2,1-5H3. The molecule has 1 N–H and O–H groups in total. The van der Waals surface area contributed by atoms with Crippen LogP contribution in [-0.2, 0) is 21.6 Å². The van der Waals surface area contributed by atoms with E-state index in [0.717, 1.165) is 82.4 Å². The van der Waals surface area contributed by atoms with E-state index < -0.39 is 17.6 Å². The first-order valence-corrected chi connectivity index (χ1v) is 23.2. The topological polar surface area (TPSA) is 63.3 Å². The van der Waals surface area contributed by atoms with Crippen LogP contribution in [0.1, 0.15) is 61.8 Å². The number of esters is 1. The van der Waals surface area contributed by atoms with Gasteiger partial charge in [0.05, 0.1) is 35.2 Å². The normalized spacial score (nSPS) is 16.0. The molecule has 0 amide bonds. The van der Waals surface area contributed by atoms with Crippen molar-refractivity contribution in [3.05, 3.63) is 180 Å². The zero-order valence-corrected chi connectivity index (χ0v) is 37.5. The maximum atomic E-state index is 14.0. The van der Waals surface area contributed by atoms with Crippen LogP contribution in [-0.4, -0.2) is 55.5 Å². The Hall–Kier alpha value is -5.19. The number of nitrogens with zero attached hydrogens (tertiary/aromatic N) is 2. The van der Waals surface area contributed by atoms with Gasteiger partial charge < -0.3 is 19.1 Å². The Kier molecular flexibility index (Phi) is 14.8. The van der Waals surface area contributed by atoms with Crippen LogP contribution >= 0.6 is 23.7 Å². The van der Waals surface area contributed by atoms with Crippen LogP contribution in [0.2, 0.25) is 0 Å². The summed E-state index contributed by atoms with van der Waals surface area (Å²) in [5.74, 6) is 1.15. The zero-order valence-electron chi connectivity index (χ0n) is 35.9. The van der Waals surface area contributed by atoms with Crippen molar-refractivity contribution in [3.8, 4) is 11.5 Å². The van der Waals surface area contributed by atoms with Gasteiger partial charge in [-0.25, -0.2) is 4.31 Å². The van der Waals surface area contributed by atoms with Gasteiger partial charge >= 0.3 is 5.97 Å². The van der Waals surface area contributed by atoms with Gasteiger partial charge in [0.1, 0.15) is 24.1 Å². The molecule has 0 saturated heterocycles. The molecule has 7 nitrogen and oxygen atoms in total. The second-order valence-electron chi connectivity index (χ2n) is 15.4. The van der Waals surface area contributed by atoms with E-state index in [-0.39, 0.29) is 12.1 Å². The molecule has 0 saturated carbocycles. The van der Waals surface area contributed by atoms with Crippen LogP contribution in [0.25, 0.3) is 0 Å². The number of methoxy groups -OCH3 is 2. The summed E-state index contributed by atoms with van der Waals surface area (Å²) in [5, 5.41) is 3.82. The van der Waals surface area contributed by atoms with Crippen LogP contribution in [0.5, 0.6) is 11.5 Å². The van der Waals surface area contributed by atoms with E-state index in [0.29, 0.717) is 5.75 Å². The summed E-state index contributed by atoms with van der Waals surface area (Å²) >= 11 is 3.45. The first-order chi connectivity index (χ1) is 29.9. The third-order valence-electron chi connectivity index (χ3n) is 11.8. The van der Waals surface area contributed by atoms with Crippen LogP contribution in [0.15, 0.2) is 168 Å². The first-order valence-electron chi connectivity index (χ1n) is 21.2. The van der Waals surface area contributed by atoms with E-state index in [1.165, 1.54) is 12.7 Å². The molecule has 9 heteroatoms. The molecule has 61 heavy (non-hydrogen) atoms. The number of rotatable bonds is 18. The van der Waals surface area contributed by atoms with E-state index in [4.69, 9.17) is 14.2 Å². The van der Waals surface area contributed by atoms with Gasteiger partial charge in [-0.3, -0.25) is 10.1 Å². The van der Waals surface area contributed by atoms with Crippen LogP contribution < -0.4 is 19.7 Å². The number of carbonyl (C=O) groups excluding carboxylic acids is 1. The smallest absolute Gasteiger partial charge is 0.326 e. The Bertz CT molecular complexity index is 2200. The number of hydrogen-bond donors (Lipinski definition) is 1. The lowest BCUT2D eigenvalue weighted by Crippen LogP contribution is -2.55. The molecule has 6 aromatic carbocycles. The molecule has 1 aliphatic rings. The molecule has 0 radical (unpaired) electrons. The lowest BCUT2D eigenvalue weighted by molar-refractivity contribution is -0.144. The third kappa shape index (κ3) is 9.66. The van der Waals surface area contributed by atoms with Crippen LogP contribution in [0.4, 0.5) is 11.4 Å². The van der Waals surface area contributed by atoms with Crippen molar-refractivity contribution in [2.45, 2.75) is 73.0 Å². The van der Waals surface area contributed by atoms with Gasteiger partial charge in [0.25, 0.3) is 0 Å². The number of para-hydroxylation sites is 1. The number of carbonyl (C=O) groups is 1. The average molecular weight is 852 g/mol. The lowest BCUT2D eigenvalue weighted by Gasteiger charge is -2.44. The Morgan fingerprint density at radius 2 is 1.38 bits per heavy atom. The number of anilines is 2. The predicted molar refractivity (Wildman–Crippen MR) is 252 cm³/mol. The Labute approximate surface area is 371 Å². The number of thioether (sulfide) groups is 1. The van der Waals surface area contributed by atoms with E-state index in [2.05, 4.69) is 126 Å². The van der Waals surface area contributed by atoms with Crippen molar-refractivity contribution in [2.75, 3.05) is 38.5 Å². The number of nitrogens with one attached hydrogen (secondary N) is 1. The minimum absolute atomic E-state index is 0.0330. The Morgan fingerprint density at radius 1 is 0.803 bits per heavy atom. The molecular formula is C52H57N3O4S2. The van der Waals surface area contributed by atoms with Crippen molar-refractivity contribution in [1.82, 2.24) is 9.62 Å². The first kappa shape index (κ1) is 43.9. The van der Waals surface area contributed by atoms with Gasteiger partial charge in [-0.2, -0.15) is 0 Å². The molecule has 0 aliphatic carbocycles. The van der Waals surface area contributed by atoms with Crippen molar-refractivity contribution in [3.63, 3.8) is 0 Å². The fraction of sp³-hybridized carbons (Fsp3) is 0.288. The second-order valence-corrected chi connectivity index (χ2v) is 17.3. The molecule has 0 bridgehead atoms. The average Bonchev–Trinajstić information content (AvgIpc) is 3.45. The maximum Gasteiger partial charge on any atom is 0.326 e. The van der Waals surface area contributed by atoms with Gasteiger partial charge in [0.2, 0.25) is 0 Å². The van der Waals surface area contributed by atoms with Gasteiger partial charge in [-0.15, -0.1) is 11.8 Å². The molecule has 2 atom stereocenters. The van der Waals surface area contributed by atoms with Gasteiger partial charge in [0, 0.05) is 24.3 Å². The highest BCUT2D eigenvalue weighted by Crippen LogP contribution is 2.50. The predicted octanol–water partition coefficient (Wildman–Crippen LogP) is 11.9. The van der Waals surface area contributed by atoms with Crippen molar-refractivity contribution < 1.29 is 19.0 Å². The highest BCUT2D eigenvalue weighted by atomic mass is 32.2. The summed E-state index contributed by atoms with van der Waals surface area (Å²) < 4.78 is 20.5. The van der Waals surface area contributed by atoms with Crippen molar-refractivity contribution in [2.24, 2.45) is 0 Å². The summed E-state index contributed by atoms with van der Waals surface area (Å²) in [5.41, 5.74) is 5.44. The summed E-state index contributed by atoms with van der Waals surface area (Å²) in [6.45, 7) is 6.22. The Balaban J connectivity index is 1.31. The third-order valence-corrected chi connectivity index (χ3v) is 13.9. The molecule has 316 valence electrons. The summed E-state index contributed by atoms with van der Waals surface area (Å²) in [7, 11) is 3.15. The molecule has 7 rings (SSSR count). The SMILES string of the molecule is CCCCC1(CC)CN(c2ccccc2)c2cc(SC)c(OCC(NC(c3ccccc3)(c3ccccc3)c3ccccc3)C(=O)OC)cc2SN1Cc1ccc(OC)cc1. The fourth-order valence-electron chi connectivity index (χ4n) is 8.43. The second kappa shape index (κ2) is 20.6. The van der Waals surface area contributed by atoms with Crippen LogP contribution in [0, 0.1) is 0 Å². The molecule has 1 heterocycles. The van der Waals surface area contributed by atoms with E-state index in [1.807, 2.05) is 78.7 Å². The molecule has 1 aliphatic heterocycles. The number of benzene rings is 6. The fourth-order valence-corrected chi connectivity index (χ4v) is 10.3. The summed E-state index contributed by atoms with van der Waals surface area (Å²) in [4.78, 5) is 18.6. The van der Waals surface area contributed by atoms with Crippen molar-refractivity contribution in [1.29, 1.82) is 0 Å². The van der Waals surface area contributed by atoms with E-state index >= 15 is 0 Å². The lowest BCUT2D eigenvalue weighted by atomic mass is 9.76. The largest absolute Gasteiger partial charge is 0.497 e. The quantitative estimate of drug-likeness (QED) is 0.0394. The number of fused-ring (bicyclic) bond motifs is 1. The van der Waals surface area contributed by atoms with Gasteiger partial charge in [-0.1, -0.05) is 148 Å². The van der Waals surface area contributed by atoms with E-state index in [1.54, 1.807) is 18.9 Å². The maximum absolute atomic E-state index is 14.0. The summed E-state index contributed by atoms with van der Waals surface area (Å²) in [6, 6.07) is 53.6. The minimum Gasteiger partial charge on any atom is -0.497 e. The molecule has 2 unspecified atom stereocenters. The molecular weight excluding hydrogens is 795 g/mol. The van der Waals surface area contributed by atoms with E-state index in [9.17, 15) is 4.79 Å². The van der Waals surface area contributed by atoms with Crippen molar-refractivity contribution >= 4 is 41.1 Å². The number of unbranched alkanes of at least 4 members (excludes halogenated alkanes) is 1. The number of ether oxygens (including phenoxy) is 3. The van der Waals surface area contributed by atoms with Crippen LogP contribution in [0.3, 0.4) is 0 Å². The van der Waals surface area contributed by atoms with Gasteiger partial charge in [0.15, 0.2) is 0 Å². The molecule has 0 spiro atoms. The zero-order chi connectivity index (χ0) is 42.7. The number of hydrogen-bond acceptors (Lipinski definition) is 9. The highest BCUT2D eigenvalue weighted by Gasteiger charge is 2.43. The summed E-state index contributed by atoms with van der Waals surface area (Å²) in [6.07, 6.45) is 6.35. The minimum atomic E-state index is -0.905. The Morgan fingerprint density at radius 3 is 1.89 bits per heavy atom. The molecule has 0 fully saturated rings. The monoisotopic (exact) mass is 851 g/mol. The molecule has 0 aromatic heterocycles. The van der Waals surface area contributed by atoms with Gasteiger partial charge in [-0.05, 0) is 89.7 Å². The highest BCUT2D eigenvalue weighted by molar-refractivity contribution is 7.98.